The molecule has 1 aromatic carbocycles. The van der Waals surface area contributed by atoms with Crippen molar-refractivity contribution in [3.8, 4) is 0 Å². The lowest BCUT2D eigenvalue weighted by atomic mass is 10.2. The number of rotatable bonds is 3. The average molecular weight is 253 g/mol. The van der Waals surface area contributed by atoms with Crippen LogP contribution in [0.4, 0.5) is 5.95 Å². The zero-order valence-corrected chi connectivity index (χ0v) is 10.1. The van der Waals surface area contributed by atoms with Gasteiger partial charge in [0.15, 0.2) is 0 Å². The van der Waals surface area contributed by atoms with E-state index in [0.717, 1.165) is 5.52 Å². The molecule has 2 aromatic rings. The number of halogens is 1. The van der Waals surface area contributed by atoms with Crippen molar-refractivity contribution in [2.75, 3.05) is 5.73 Å². The second-order valence-electron chi connectivity index (χ2n) is 3.97. The van der Waals surface area contributed by atoms with E-state index in [1.807, 2.05) is 13.0 Å². The molecular formula is C11H13ClN4O. The summed E-state index contributed by atoms with van der Waals surface area (Å²) in [6.07, 6.45) is 0.195. The van der Waals surface area contributed by atoms with Gasteiger partial charge in [0.05, 0.1) is 16.1 Å². The van der Waals surface area contributed by atoms with E-state index >= 15 is 0 Å². The lowest BCUT2D eigenvalue weighted by Gasteiger charge is -2.14. The number of nitrogens with two attached hydrogens (primary N) is 2. The number of imidazole rings is 1. The first kappa shape index (κ1) is 11.7. The van der Waals surface area contributed by atoms with E-state index in [1.54, 1.807) is 16.7 Å². The highest BCUT2D eigenvalue weighted by atomic mass is 35.5. The summed E-state index contributed by atoms with van der Waals surface area (Å²) in [6, 6.07) is 5.22. The summed E-state index contributed by atoms with van der Waals surface area (Å²) in [6.45, 7) is 1.85. The van der Waals surface area contributed by atoms with E-state index in [0.29, 0.717) is 16.5 Å². The molecule has 0 radical (unpaired) electrons. The second-order valence-corrected chi connectivity index (χ2v) is 4.37. The quantitative estimate of drug-likeness (QED) is 0.872. The topological polar surface area (TPSA) is 86.9 Å². The van der Waals surface area contributed by atoms with Crippen LogP contribution in [0.15, 0.2) is 18.2 Å². The molecule has 0 saturated carbocycles. The Morgan fingerprint density at radius 3 is 2.94 bits per heavy atom. The lowest BCUT2D eigenvalue weighted by molar-refractivity contribution is -0.118. The molecule has 1 aromatic heterocycles. The summed E-state index contributed by atoms with van der Waals surface area (Å²) in [7, 11) is 0. The van der Waals surface area contributed by atoms with E-state index < -0.39 is 0 Å². The van der Waals surface area contributed by atoms with Crippen molar-refractivity contribution in [2.45, 2.75) is 19.4 Å². The minimum atomic E-state index is -0.384. The van der Waals surface area contributed by atoms with Gasteiger partial charge in [-0.3, -0.25) is 4.79 Å². The maximum absolute atomic E-state index is 11.0. The Morgan fingerprint density at radius 1 is 1.59 bits per heavy atom. The molecule has 1 atom stereocenters. The van der Waals surface area contributed by atoms with Gasteiger partial charge in [-0.25, -0.2) is 4.98 Å². The third-order valence-electron chi connectivity index (χ3n) is 2.63. The molecule has 4 N–H and O–H groups in total. The monoisotopic (exact) mass is 252 g/mol. The molecule has 1 amide bonds. The number of para-hydroxylation sites is 1. The van der Waals surface area contributed by atoms with Crippen LogP contribution in [0.25, 0.3) is 11.0 Å². The summed E-state index contributed by atoms with van der Waals surface area (Å²) in [5.41, 5.74) is 12.5. The highest BCUT2D eigenvalue weighted by Crippen LogP contribution is 2.29. The Balaban J connectivity index is 2.59. The zero-order chi connectivity index (χ0) is 12.6. The molecule has 2 rings (SSSR count). The summed E-state index contributed by atoms with van der Waals surface area (Å²) in [5.74, 6) is -0.0485. The van der Waals surface area contributed by atoms with Crippen molar-refractivity contribution < 1.29 is 4.79 Å². The van der Waals surface area contributed by atoms with Gasteiger partial charge in [-0.15, -0.1) is 0 Å². The molecule has 17 heavy (non-hydrogen) atoms. The van der Waals surface area contributed by atoms with Crippen molar-refractivity contribution in [1.82, 2.24) is 9.55 Å². The van der Waals surface area contributed by atoms with Gasteiger partial charge in [0, 0.05) is 12.5 Å². The average Bonchev–Trinajstić information content (AvgIpc) is 2.54. The molecule has 0 fully saturated rings. The number of hydrogen-bond acceptors (Lipinski definition) is 3. The summed E-state index contributed by atoms with van der Waals surface area (Å²) in [4.78, 5) is 15.2. The van der Waals surface area contributed by atoms with Gasteiger partial charge in [-0.1, -0.05) is 17.7 Å². The van der Waals surface area contributed by atoms with Gasteiger partial charge in [0.25, 0.3) is 0 Å². The zero-order valence-electron chi connectivity index (χ0n) is 9.35. The molecule has 0 saturated heterocycles. The molecule has 5 nitrogen and oxygen atoms in total. The van der Waals surface area contributed by atoms with Crippen LogP contribution in [0.5, 0.6) is 0 Å². The maximum Gasteiger partial charge on any atom is 0.219 e. The van der Waals surface area contributed by atoms with Crippen LogP contribution in [0, 0.1) is 0 Å². The van der Waals surface area contributed by atoms with Crippen LogP contribution in [0.1, 0.15) is 19.4 Å². The molecule has 0 aliphatic heterocycles. The normalized spacial score (nSPS) is 12.8. The number of nitrogens with zero attached hydrogens (tertiary/aromatic N) is 2. The van der Waals surface area contributed by atoms with Crippen molar-refractivity contribution in [2.24, 2.45) is 5.73 Å². The molecule has 6 heteroatoms. The van der Waals surface area contributed by atoms with Crippen molar-refractivity contribution in [1.29, 1.82) is 0 Å². The number of carbonyl (C=O) groups is 1. The van der Waals surface area contributed by atoms with Gasteiger partial charge in [-0.05, 0) is 19.1 Å². The fourth-order valence-electron chi connectivity index (χ4n) is 1.95. The maximum atomic E-state index is 11.0. The van der Waals surface area contributed by atoms with E-state index in [1.165, 1.54) is 0 Å². The largest absolute Gasteiger partial charge is 0.370 e. The van der Waals surface area contributed by atoms with Crippen LogP contribution < -0.4 is 11.5 Å². The van der Waals surface area contributed by atoms with Gasteiger partial charge in [0.2, 0.25) is 11.9 Å². The van der Waals surface area contributed by atoms with Crippen molar-refractivity contribution in [3.05, 3.63) is 23.2 Å². The highest BCUT2D eigenvalue weighted by molar-refractivity contribution is 6.35. The summed E-state index contributed by atoms with van der Waals surface area (Å²) in [5, 5.41) is 0.558. The first-order valence-corrected chi connectivity index (χ1v) is 5.58. The molecule has 1 unspecified atom stereocenters. The van der Waals surface area contributed by atoms with Crippen LogP contribution in [-0.2, 0) is 4.79 Å². The Kier molecular flexibility index (Phi) is 2.93. The molecular weight excluding hydrogens is 240 g/mol. The van der Waals surface area contributed by atoms with E-state index in [4.69, 9.17) is 23.1 Å². The van der Waals surface area contributed by atoms with Crippen LogP contribution in [0.2, 0.25) is 5.02 Å². The number of aromatic nitrogens is 2. The number of anilines is 1. The predicted octanol–water partition coefficient (Wildman–Crippen LogP) is 1.71. The number of nitrogen functional groups attached to an aromatic ring is 1. The smallest absolute Gasteiger partial charge is 0.219 e. The number of fused-ring (bicyclic) bond motifs is 1. The first-order chi connectivity index (χ1) is 8.00. The second kappa shape index (κ2) is 4.25. The van der Waals surface area contributed by atoms with Crippen LogP contribution >= 0.6 is 11.6 Å². The molecule has 90 valence electrons. The van der Waals surface area contributed by atoms with Crippen molar-refractivity contribution in [3.63, 3.8) is 0 Å². The minimum Gasteiger partial charge on any atom is -0.370 e. The molecule has 1 heterocycles. The Morgan fingerprint density at radius 2 is 2.29 bits per heavy atom. The lowest BCUT2D eigenvalue weighted by Crippen LogP contribution is -2.18. The number of hydrogen-bond donors (Lipinski definition) is 2. The number of benzene rings is 1. The highest BCUT2D eigenvalue weighted by Gasteiger charge is 2.17. The SMILES string of the molecule is CC(CC(N)=O)n1c(N)nc2cccc(Cl)c21. The Labute approximate surface area is 103 Å². The van der Waals surface area contributed by atoms with E-state index in [-0.39, 0.29) is 18.4 Å². The third kappa shape index (κ3) is 2.06. The number of carbonyl (C=O) groups excluding carboxylic acids is 1. The molecule has 0 bridgehead atoms. The molecule has 0 aliphatic carbocycles. The summed E-state index contributed by atoms with van der Waals surface area (Å²) >= 11 is 6.12. The standard InChI is InChI=1S/C11H13ClN4O/c1-6(5-9(13)17)16-10-7(12)3-2-4-8(10)15-11(16)14/h2-4,6H,5H2,1H3,(H2,13,17)(H2,14,15). The number of primary amides is 1. The fourth-order valence-corrected chi connectivity index (χ4v) is 2.21. The van der Waals surface area contributed by atoms with Gasteiger partial charge < -0.3 is 16.0 Å². The van der Waals surface area contributed by atoms with Gasteiger partial charge in [-0.2, -0.15) is 0 Å². The van der Waals surface area contributed by atoms with Crippen LogP contribution in [-0.4, -0.2) is 15.5 Å². The third-order valence-corrected chi connectivity index (χ3v) is 2.93. The first-order valence-electron chi connectivity index (χ1n) is 5.21. The van der Waals surface area contributed by atoms with E-state index in [2.05, 4.69) is 4.98 Å². The van der Waals surface area contributed by atoms with Gasteiger partial charge in [0.1, 0.15) is 0 Å². The predicted molar refractivity (Wildman–Crippen MR) is 67.7 cm³/mol. The van der Waals surface area contributed by atoms with Crippen molar-refractivity contribution >= 4 is 34.5 Å². The minimum absolute atomic E-state index is 0.169. The molecule has 0 spiro atoms. The molecule has 0 aliphatic rings. The van der Waals surface area contributed by atoms with Crippen LogP contribution in [0.3, 0.4) is 0 Å². The fraction of sp³-hybridized carbons (Fsp3) is 0.273. The Bertz CT molecular complexity index is 578. The van der Waals surface area contributed by atoms with Gasteiger partial charge >= 0.3 is 0 Å². The number of amides is 1. The van der Waals surface area contributed by atoms with E-state index in [9.17, 15) is 4.79 Å². The Hall–Kier alpha value is -1.75. The summed E-state index contributed by atoms with van der Waals surface area (Å²) < 4.78 is 1.74.